The van der Waals surface area contributed by atoms with Gasteiger partial charge in [0.2, 0.25) is 0 Å². The molecule has 1 atom stereocenters. The van der Waals surface area contributed by atoms with Gasteiger partial charge < -0.3 is 10.7 Å². The molecular weight excluding hydrogens is 184 g/mol. The number of amidine groups is 1. The van der Waals surface area contributed by atoms with Gasteiger partial charge in [0.25, 0.3) is 0 Å². The molecular formula is C8H14N4S. The average Bonchev–Trinajstić information content (AvgIpc) is 2.55. The van der Waals surface area contributed by atoms with Crippen molar-refractivity contribution in [2.75, 3.05) is 0 Å². The molecule has 0 aliphatic rings. The third kappa shape index (κ3) is 3.50. The number of aromatic amines is 1. The summed E-state index contributed by atoms with van der Waals surface area (Å²) in [7, 11) is 0. The lowest BCUT2D eigenvalue weighted by molar-refractivity contribution is 0.842. The summed E-state index contributed by atoms with van der Waals surface area (Å²) in [6.45, 7) is 2.09. The Morgan fingerprint density at radius 3 is 3.08 bits per heavy atom. The van der Waals surface area contributed by atoms with Gasteiger partial charge in [-0.25, -0.2) is 4.98 Å². The molecule has 5 heteroatoms. The molecule has 13 heavy (non-hydrogen) atoms. The van der Waals surface area contributed by atoms with Gasteiger partial charge in [-0.1, -0.05) is 18.7 Å². The van der Waals surface area contributed by atoms with Crippen LogP contribution in [0.2, 0.25) is 0 Å². The Morgan fingerprint density at radius 2 is 2.62 bits per heavy atom. The molecule has 0 fully saturated rings. The van der Waals surface area contributed by atoms with Gasteiger partial charge in [-0.15, -0.1) is 0 Å². The summed E-state index contributed by atoms with van der Waals surface area (Å²) in [5.41, 5.74) is 5.34. The van der Waals surface area contributed by atoms with Crippen LogP contribution in [0.3, 0.4) is 0 Å². The fourth-order valence-electron chi connectivity index (χ4n) is 0.988. The van der Waals surface area contributed by atoms with Crippen molar-refractivity contribution in [3.8, 4) is 0 Å². The average molecular weight is 198 g/mol. The highest BCUT2D eigenvalue weighted by atomic mass is 32.2. The minimum absolute atomic E-state index is 0.242. The molecule has 4 nitrogen and oxygen atoms in total. The molecule has 0 radical (unpaired) electrons. The van der Waals surface area contributed by atoms with Gasteiger partial charge in [-0.2, -0.15) is 0 Å². The molecule has 0 aliphatic heterocycles. The van der Waals surface area contributed by atoms with Crippen LogP contribution in [0.25, 0.3) is 0 Å². The number of nitrogens with two attached hydrogens (primary N) is 1. The Labute approximate surface area is 81.8 Å². The molecule has 1 aromatic rings. The van der Waals surface area contributed by atoms with Crippen molar-refractivity contribution in [1.29, 1.82) is 5.41 Å². The highest BCUT2D eigenvalue weighted by molar-refractivity contribution is 7.99. The molecule has 0 saturated heterocycles. The Balaban J connectivity index is 2.45. The lowest BCUT2D eigenvalue weighted by atomic mass is 10.2. The number of imidazole rings is 1. The summed E-state index contributed by atoms with van der Waals surface area (Å²) in [6, 6.07) is 0. The maximum absolute atomic E-state index is 7.19. The molecule has 0 aliphatic carbocycles. The second kappa shape index (κ2) is 4.91. The summed E-state index contributed by atoms with van der Waals surface area (Å²) in [4.78, 5) is 7.12. The van der Waals surface area contributed by atoms with E-state index in [4.69, 9.17) is 11.1 Å². The predicted molar refractivity (Wildman–Crippen MR) is 55.1 cm³/mol. The van der Waals surface area contributed by atoms with Gasteiger partial charge in [0.05, 0.1) is 5.84 Å². The lowest BCUT2D eigenvalue weighted by Gasteiger charge is -2.10. The number of H-pyrrole nitrogens is 1. The van der Waals surface area contributed by atoms with Crippen LogP contribution in [0.5, 0.6) is 0 Å². The fraction of sp³-hybridized carbons (Fsp3) is 0.500. The molecule has 0 spiro atoms. The van der Waals surface area contributed by atoms with Crippen molar-refractivity contribution >= 4 is 17.6 Å². The highest BCUT2D eigenvalue weighted by Gasteiger charge is 2.10. The van der Waals surface area contributed by atoms with Crippen LogP contribution in [0.4, 0.5) is 0 Å². The number of nitrogens with zero attached hydrogens (tertiary/aromatic N) is 1. The first-order chi connectivity index (χ1) is 6.22. The maximum Gasteiger partial charge on any atom is 0.165 e. The van der Waals surface area contributed by atoms with E-state index >= 15 is 0 Å². The molecule has 72 valence electrons. The molecule has 0 saturated carbocycles. The van der Waals surface area contributed by atoms with Crippen LogP contribution in [-0.4, -0.2) is 21.1 Å². The second-order valence-electron chi connectivity index (χ2n) is 2.77. The van der Waals surface area contributed by atoms with Crippen molar-refractivity contribution < 1.29 is 0 Å². The van der Waals surface area contributed by atoms with E-state index < -0.39 is 0 Å². The topological polar surface area (TPSA) is 78.6 Å². The van der Waals surface area contributed by atoms with Crippen LogP contribution in [0.15, 0.2) is 17.6 Å². The van der Waals surface area contributed by atoms with Gasteiger partial charge in [-0.3, -0.25) is 5.41 Å². The second-order valence-corrected chi connectivity index (χ2v) is 4.06. The predicted octanol–water partition coefficient (Wildman–Crippen LogP) is 1.61. The van der Waals surface area contributed by atoms with Crippen molar-refractivity contribution in [2.24, 2.45) is 5.73 Å². The molecule has 1 heterocycles. The van der Waals surface area contributed by atoms with Gasteiger partial charge in [0, 0.05) is 24.1 Å². The summed E-state index contributed by atoms with van der Waals surface area (Å²) >= 11 is 1.64. The van der Waals surface area contributed by atoms with Crippen LogP contribution >= 0.6 is 11.8 Å². The Morgan fingerprint density at radius 1 is 1.85 bits per heavy atom. The molecule has 0 amide bonds. The zero-order chi connectivity index (χ0) is 9.68. The molecule has 1 aromatic heterocycles. The maximum atomic E-state index is 7.19. The molecule has 1 unspecified atom stereocenters. The minimum atomic E-state index is 0.242. The zero-order valence-corrected chi connectivity index (χ0v) is 8.40. The number of nitrogens with one attached hydrogen (secondary N) is 2. The van der Waals surface area contributed by atoms with Crippen LogP contribution < -0.4 is 5.73 Å². The molecule has 0 aromatic carbocycles. The first-order valence-corrected chi connectivity index (χ1v) is 5.09. The third-order valence-corrected chi connectivity index (χ3v) is 2.93. The Hall–Kier alpha value is -0.970. The Kier molecular flexibility index (Phi) is 3.82. The van der Waals surface area contributed by atoms with E-state index in [0.29, 0.717) is 11.7 Å². The van der Waals surface area contributed by atoms with Gasteiger partial charge in [0.15, 0.2) is 5.16 Å². The highest BCUT2D eigenvalue weighted by Crippen LogP contribution is 2.23. The summed E-state index contributed by atoms with van der Waals surface area (Å²) < 4.78 is 0. The fourth-order valence-corrected chi connectivity index (χ4v) is 1.99. The standard InChI is InChI=1S/C8H14N4S/c1-2-6(5-7(9)10)13-8-11-3-4-12-8/h3-4,6H,2,5H2,1H3,(H3,9,10)(H,11,12). The molecule has 1 rings (SSSR count). The number of aromatic nitrogens is 2. The van der Waals surface area contributed by atoms with Crippen molar-refractivity contribution in [3.05, 3.63) is 12.4 Å². The Bertz CT molecular complexity index is 257. The molecule has 0 bridgehead atoms. The minimum Gasteiger partial charge on any atom is -0.388 e. The number of hydrogen-bond acceptors (Lipinski definition) is 3. The van der Waals surface area contributed by atoms with Crippen LogP contribution in [-0.2, 0) is 0 Å². The third-order valence-electron chi connectivity index (χ3n) is 1.65. The first-order valence-electron chi connectivity index (χ1n) is 4.21. The summed E-state index contributed by atoms with van der Waals surface area (Å²) in [5.74, 6) is 0.242. The smallest absolute Gasteiger partial charge is 0.165 e. The monoisotopic (exact) mass is 198 g/mol. The van der Waals surface area contributed by atoms with Crippen molar-refractivity contribution in [3.63, 3.8) is 0 Å². The van der Waals surface area contributed by atoms with E-state index in [2.05, 4.69) is 16.9 Å². The number of hydrogen-bond donors (Lipinski definition) is 3. The first kappa shape index (κ1) is 10.1. The van der Waals surface area contributed by atoms with Gasteiger partial charge in [-0.05, 0) is 6.42 Å². The summed E-state index contributed by atoms with van der Waals surface area (Å²) in [6.07, 6.45) is 5.14. The number of rotatable bonds is 5. The number of thioether (sulfide) groups is 1. The van der Waals surface area contributed by atoms with Gasteiger partial charge in [0.1, 0.15) is 0 Å². The van der Waals surface area contributed by atoms with Gasteiger partial charge >= 0.3 is 0 Å². The quantitative estimate of drug-likeness (QED) is 0.382. The van der Waals surface area contributed by atoms with E-state index in [-0.39, 0.29) is 5.84 Å². The van der Waals surface area contributed by atoms with E-state index in [1.807, 2.05) is 0 Å². The zero-order valence-electron chi connectivity index (χ0n) is 7.58. The SMILES string of the molecule is CCC(CC(=N)N)Sc1ncc[nH]1. The van der Waals surface area contributed by atoms with E-state index in [9.17, 15) is 0 Å². The van der Waals surface area contributed by atoms with Crippen molar-refractivity contribution in [1.82, 2.24) is 9.97 Å². The van der Waals surface area contributed by atoms with E-state index in [1.54, 1.807) is 24.2 Å². The lowest BCUT2D eigenvalue weighted by Crippen LogP contribution is -2.16. The normalized spacial score (nSPS) is 12.7. The van der Waals surface area contributed by atoms with E-state index in [0.717, 1.165) is 11.6 Å². The summed E-state index contributed by atoms with van der Waals surface area (Å²) in [5, 5.41) is 8.44. The van der Waals surface area contributed by atoms with Crippen LogP contribution in [0.1, 0.15) is 19.8 Å². The van der Waals surface area contributed by atoms with E-state index in [1.165, 1.54) is 0 Å². The van der Waals surface area contributed by atoms with Crippen LogP contribution in [0, 0.1) is 5.41 Å². The largest absolute Gasteiger partial charge is 0.388 e. The van der Waals surface area contributed by atoms with Crippen molar-refractivity contribution in [2.45, 2.75) is 30.2 Å². The molecule has 4 N–H and O–H groups in total.